The van der Waals surface area contributed by atoms with E-state index in [1.54, 1.807) is 0 Å². The molecule has 28 heavy (non-hydrogen) atoms. The second kappa shape index (κ2) is 7.87. The van der Waals surface area contributed by atoms with Crippen LogP contribution in [0, 0.1) is 6.92 Å². The molecule has 140 valence electrons. The van der Waals surface area contributed by atoms with Gasteiger partial charge in [-0.1, -0.05) is 65.7 Å². The Bertz CT molecular complexity index is 1130. The van der Waals surface area contributed by atoms with Crippen LogP contribution in [0.25, 0.3) is 10.9 Å². The van der Waals surface area contributed by atoms with E-state index in [0.717, 1.165) is 16.5 Å². The van der Waals surface area contributed by atoms with Crippen molar-refractivity contribution in [3.05, 3.63) is 100 Å². The van der Waals surface area contributed by atoms with Crippen LogP contribution in [0.15, 0.2) is 72.9 Å². The predicted molar refractivity (Wildman–Crippen MR) is 113 cm³/mol. The van der Waals surface area contributed by atoms with Crippen LogP contribution in [0.1, 0.15) is 27.0 Å². The summed E-state index contributed by atoms with van der Waals surface area (Å²) in [6, 6.07) is 21.5. The number of nitrogens with zero attached hydrogens (tertiary/aromatic N) is 2. The van der Waals surface area contributed by atoms with Crippen molar-refractivity contribution >= 4 is 28.4 Å². The summed E-state index contributed by atoms with van der Waals surface area (Å²) in [6.45, 7) is 3.12. The number of amides is 1. The molecule has 1 amide bonds. The van der Waals surface area contributed by atoms with Crippen molar-refractivity contribution < 1.29 is 4.79 Å². The zero-order chi connectivity index (χ0) is 19.5. The van der Waals surface area contributed by atoms with Crippen LogP contribution < -0.4 is 5.32 Å². The van der Waals surface area contributed by atoms with Gasteiger partial charge in [0.25, 0.3) is 5.91 Å². The SMILES string of the molecule is Cc1ccc(Cn2ncc3ccc(C(=O)NCc4ccccc4Cl)cc32)cc1. The monoisotopic (exact) mass is 389 g/mol. The highest BCUT2D eigenvalue weighted by Crippen LogP contribution is 2.18. The average molecular weight is 390 g/mol. The third kappa shape index (κ3) is 3.92. The van der Waals surface area contributed by atoms with Crippen LogP contribution >= 0.6 is 11.6 Å². The third-order valence-electron chi connectivity index (χ3n) is 4.76. The summed E-state index contributed by atoms with van der Waals surface area (Å²) >= 11 is 6.16. The molecule has 3 aromatic carbocycles. The molecule has 0 saturated heterocycles. The van der Waals surface area contributed by atoms with Gasteiger partial charge in [0.05, 0.1) is 18.3 Å². The highest BCUT2D eigenvalue weighted by molar-refractivity contribution is 6.31. The smallest absolute Gasteiger partial charge is 0.251 e. The van der Waals surface area contributed by atoms with E-state index in [2.05, 4.69) is 41.6 Å². The molecule has 4 aromatic rings. The molecule has 1 heterocycles. The number of aromatic nitrogens is 2. The lowest BCUT2D eigenvalue weighted by Gasteiger charge is -2.08. The third-order valence-corrected chi connectivity index (χ3v) is 5.13. The Balaban J connectivity index is 1.54. The molecular weight excluding hydrogens is 370 g/mol. The Morgan fingerprint density at radius 2 is 1.86 bits per heavy atom. The molecule has 1 N–H and O–H groups in total. The summed E-state index contributed by atoms with van der Waals surface area (Å²) < 4.78 is 1.92. The molecule has 0 bridgehead atoms. The lowest BCUT2D eigenvalue weighted by molar-refractivity contribution is 0.0951. The summed E-state index contributed by atoms with van der Waals surface area (Å²) in [6.07, 6.45) is 1.83. The fourth-order valence-corrected chi connectivity index (χ4v) is 3.33. The number of fused-ring (bicyclic) bond motifs is 1. The summed E-state index contributed by atoms with van der Waals surface area (Å²) in [5.74, 6) is -0.134. The van der Waals surface area contributed by atoms with E-state index >= 15 is 0 Å². The van der Waals surface area contributed by atoms with Crippen LogP contribution in [0.4, 0.5) is 0 Å². The minimum absolute atomic E-state index is 0.134. The average Bonchev–Trinajstić information content (AvgIpc) is 3.11. The van der Waals surface area contributed by atoms with Crippen LogP contribution in [0.5, 0.6) is 0 Å². The zero-order valence-corrected chi connectivity index (χ0v) is 16.3. The van der Waals surface area contributed by atoms with E-state index in [9.17, 15) is 4.79 Å². The standard InChI is InChI=1S/C23H20ClN3O/c1-16-6-8-17(9-7-16)15-27-22-12-18(10-11-20(22)14-26-27)23(28)25-13-19-4-2-3-5-21(19)24/h2-12,14H,13,15H2,1H3,(H,25,28). The molecule has 0 aliphatic carbocycles. The van der Waals surface area contributed by atoms with Gasteiger partial charge in [-0.15, -0.1) is 0 Å². The highest BCUT2D eigenvalue weighted by Gasteiger charge is 2.10. The van der Waals surface area contributed by atoms with Crippen molar-refractivity contribution in [2.75, 3.05) is 0 Å². The van der Waals surface area contributed by atoms with E-state index < -0.39 is 0 Å². The number of halogens is 1. The molecule has 0 spiro atoms. The van der Waals surface area contributed by atoms with Gasteiger partial charge in [0.2, 0.25) is 0 Å². The van der Waals surface area contributed by atoms with Crippen LogP contribution in [-0.2, 0) is 13.1 Å². The second-order valence-corrected chi connectivity index (χ2v) is 7.24. The lowest BCUT2D eigenvalue weighted by Crippen LogP contribution is -2.23. The first kappa shape index (κ1) is 18.3. The van der Waals surface area contributed by atoms with E-state index in [-0.39, 0.29) is 5.91 Å². The van der Waals surface area contributed by atoms with Gasteiger partial charge in [-0.3, -0.25) is 9.48 Å². The minimum Gasteiger partial charge on any atom is -0.348 e. The largest absolute Gasteiger partial charge is 0.348 e. The molecular formula is C23H20ClN3O. The van der Waals surface area contributed by atoms with Crippen LogP contribution in [0.2, 0.25) is 5.02 Å². The molecule has 4 nitrogen and oxygen atoms in total. The summed E-state index contributed by atoms with van der Waals surface area (Å²) in [5.41, 5.74) is 4.83. The minimum atomic E-state index is -0.134. The number of hydrogen-bond donors (Lipinski definition) is 1. The molecule has 0 fully saturated rings. The summed E-state index contributed by atoms with van der Waals surface area (Å²) in [5, 5.41) is 9.08. The second-order valence-electron chi connectivity index (χ2n) is 6.84. The maximum Gasteiger partial charge on any atom is 0.251 e. The molecule has 0 saturated carbocycles. The van der Waals surface area contributed by atoms with Crippen molar-refractivity contribution in [1.29, 1.82) is 0 Å². The van der Waals surface area contributed by atoms with Gasteiger partial charge in [0.15, 0.2) is 0 Å². The van der Waals surface area contributed by atoms with Crippen LogP contribution in [0.3, 0.4) is 0 Å². The van der Waals surface area contributed by atoms with Crippen molar-refractivity contribution in [2.45, 2.75) is 20.0 Å². The van der Waals surface area contributed by atoms with Crippen LogP contribution in [-0.4, -0.2) is 15.7 Å². The van der Waals surface area contributed by atoms with E-state index in [1.807, 2.05) is 53.3 Å². The molecule has 0 atom stereocenters. The number of hydrogen-bond acceptors (Lipinski definition) is 2. The lowest BCUT2D eigenvalue weighted by atomic mass is 10.1. The highest BCUT2D eigenvalue weighted by atomic mass is 35.5. The number of aryl methyl sites for hydroxylation is 1. The number of nitrogens with one attached hydrogen (secondary N) is 1. The topological polar surface area (TPSA) is 46.9 Å². The van der Waals surface area contributed by atoms with Gasteiger partial charge >= 0.3 is 0 Å². The van der Waals surface area contributed by atoms with E-state index in [1.165, 1.54) is 11.1 Å². The quantitative estimate of drug-likeness (QED) is 0.523. The number of rotatable bonds is 5. The van der Waals surface area contributed by atoms with Crippen molar-refractivity contribution in [2.24, 2.45) is 0 Å². The molecule has 5 heteroatoms. The Kier molecular flexibility index (Phi) is 5.13. The maximum atomic E-state index is 12.6. The molecule has 4 rings (SSSR count). The molecule has 0 aliphatic heterocycles. The Morgan fingerprint density at radius 1 is 1.07 bits per heavy atom. The van der Waals surface area contributed by atoms with Gasteiger partial charge < -0.3 is 5.32 Å². The van der Waals surface area contributed by atoms with Gasteiger partial charge in [0, 0.05) is 22.5 Å². The molecule has 0 aliphatic rings. The fourth-order valence-electron chi connectivity index (χ4n) is 3.12. The molecule has 0 unspecified atom stereocenters. The van der Waals surface area contributed by atoms with Gasteiger partial charge in [-0.25, -0.2) is 0 Å². The molecule has 0 radical (unpaired) electrons. The Hall–Kier alpha value is -3.11. The first-order valence-electron chi connectivity index (χ1n) is 9.13. The van der Waals surface area contributed by atoms with Gasteiger partial charge in [-0.05, 0) is 36.2 Å². The van der Waals surface area contributed by atoms with Crippen molar-refractivity contribution in [3.8, 4) is 0 Å². The number of benzene rings is 3. The maximum absolute atomic E-state index is 12.6. The zero-order valence-electron chi connectivity index (χ0n) is 15.5. The van der Waals surface area contributed by atoms with Gasteiger partial charge in [-0.2, -0.15) is 5.10 Å². The van der Waals surface area contributed by atoms with Crippen molar-refractivity contribution in [1.82, 2.24) is 15.1 Å². The molecule has 1 aromatic heterocycles. The first-order chi connectivity index (χ1) is 13.6. The predicted octanol–water partition coefficient (Wildman–Crippen LogP) is 4.98. The number of carbonyl (C=O) groups excluding carboxylic acids is 1. The Morgan fingerprint density at radius 3 is 2.64 bits per heavy atom. The number of carbonyl (C=O) groups is 1. The Labute approximate surface area is 168 Å². The van der Waals surface area contributed by atoms with E-state index in [0.29, 0.717) is 23.7 Å². The van der Waals surface area contributed by atoms with Gasteiger partial charge in [0.1, 0.15) is 0 Å². The summed E-state index contributed by atoms with van der Waals surface area (Å²) in [4.78, 5) is 12.6. The first-order valence-corrected chi connectivity index (χ1v) is 9.51. The van der Waals surface area contributed by atoms with E-state index in [4.69, 9.17) is 11.6 Å². The normalized spacial score (nSPS) is 10.9. The summed E-state index contributed by atoms with van der Waals surface area (Å²) in [7, 11) is 0. The fraction of sp³-hybridized carbons (Fsp3) is 0.130. The van der Waals surface area contributed by atoms with Crippen molar-refractivity contribution in [3.63, 3.8) is 0 Å².